The molecular weight excluding hydrogens is 449 g/mol. The Balaban J connectivity index is 1.54. The van der Waals surface area contributed by atoms with Crippen LogP contribution < -0.4 is 5.56 Å². The number of nitrogens with one attached hydrogen (secondary N) is 1. The van der Waals surface area contributed by atoms with Gasteiger partial charge < -0.3 is 9.72 Å². The number of aromatic nitrogens is 3. The number of aryl methyl sites for hydroxylation is 1. The first-order valence-electron chi connectivity index (χ1n) is 11.5. The number of benzene rings is 1. The minimum atomic E-state index is -4.51. The van der Waals surface area contributed by atoms with E-state index >= 15 is 0 Å². The van der Waals surface area contributed by atoms with E-state index in [1.807, 2.05) is 30.3 Å². The van der Waals surface area contributed by atoms with Gasteiger partial charge in [-0.15, -0.1) is 0 Å². The summed E-state index contributed by atoms with van der Waals surface area (Å²) >= 11 is 0. The standard InChI is InChI=1S/C24H25F3N4O3/c25-24(26,27)14-31-21-19(16-9-4-5-10-17(16)22(32)28-21)20(29-31)18-11-6-12-30(18)23(33)34-13-15-7-2-1-3-8-15/h1-3,7-8,18H,4-6,9-14H2,(H,28,32)/t18-/m1/s1. The largest absolute Gasteiger partial charge is 0.445 e. The van der Waals surface area contributed by atoms with E-state index in [1.165, 1.54) is 0 Å². The van der Waals surface area contributed by atoms with Crippen molar-refractivity contribution < 1.29 is 22.7 Å². The SMILES string of the molecule is O=C(OCc1ccccc1)N1CCC[C@@H]1c1nn(CC(F)(F)F)c2[nH]c(=O)c3c(c12)CCCC3. The zero-order valence-corrected chi connectivity index (χ0v) is 18.5. The molecule has 1 atom stereocenters. The fourth-order valence-electron chi connectivity index (χ4n) is 5.11. The second-order valence-corrected chi connectivity index (χ2v) is 8.89. The zero-order chi connectivity index (χ0) is 23.9. The summed E-state index contributed by atoms with van der Waals surface area (Å²) in [6.45, 7) is -0.782. The maximum Gasteiger partial charge on any atom is 0.410 e. The summed E-state index contributed by atoms with van der Waals surface area (Å²) in [6, 6.07) is 8.76. The van der Waals surface area contributed by atoms with Gasteiger partial charge >= 0.3 is 12.3 Å². The number of halogens is 3. The van der Waals surface area contributed by atoms with E-state index < -0.39 is 24.9 Å². The van der Waals surface area contributed by atoms with Crippen LogP contribution in [0.2, 0.25) is 0 Å². The first-order chi connectivity index (χ1) is 16.3. The van der Waals surface area contributed by atoms with Gasteiger partial charge in [0.25, 0.3) is 5.56 Å². The molecule has 34 heavy (non-hydrogen) atoms. The Kier molecular flexibility index (Phi) is 5.83. The lowest BCUT2D eigenvalue weighted by Crippen LogP contribution is -2.31. The number of hydrogen-bond acceptors (Lipinski definition) is 4. The molecule has 1 aliphatic heterocycles. The van der Waals surface area contributed by atoms with Crippen molar-refractivity contribution in [3.8, 4) is 0 Å². The molecule has 1 amide bonds. The highest BCUT2D eigenvalue weighted by molar-refractivity contribution is 5.85. The normalized spacial score (nSPS) is 18.3. The average Bonchev–Trinajstić information content (AvgIpc) is 3.43. The Morgan fingerprint density at radius 3 is 2.59 bits per heavy atom. The molecule has 0 saturated carbocycles. The number of ether oxygens (including phenoxy) is 1. The number of H-pyrrole nitrogens is 1. The predicted octanol–water partition coefficient (Wildman–Crippen LogP) is 4.64. The fraction of sp³-hybridized carbons (Fsp3) is 0.458. The molecule has 10 heteroatoms. The van der Waals surface area contributed by atoms with Gasteiger partial charge in [-0.3, -0.25) is 9.69 Å². The molecule has 3 heterocycles. The van der Waals surface area contributed by atoms with Gasteiger partial charge in [-0.25, -0.2) is 9.48 Å². The Morgan fingerprint density at radius 2 is 1.85 bits per heavy atom. The van der Waals surface area contributed by atoms with Crippen LogP contribution in [0.4, 0.5) is 18.0 Å². The predicted molar refractivity (Wildman–Crippen MR) is 118 cm³/mol. The molecule has 0 spiro atoms. The van der Waals surface area contributed by atoms with Crippen LogP contribution in [-0.2, 0) is 30.7 Å². The molecule has 0 bridgehead atoms. The number of aromatic amines is 1. The zero-order valence-electron chi connectivity index (χ0n) is 18.5. The molecule has 1 aliphatic carbocycles. The number of rotatable bonds is 4. The topological polar surface area (TPSA) is 80.2 Å². The third-order valence-electron chi connectivity index (χ3n) is 6.59. The minimum Gasteiger partial charge on any atom is -0.445 e. The second-order valence-electron chi connectivity index (χ2n) is 8.89. The van der Waals surface area contributed by atoms with E-state index in [0.29, 0.717) is 48.9 Å². The Bertz CT molecular complexity index is 1270. The van der Waals surface area contributed by atoms with Crippen molar-refractivity contribution in [1.82, 2.24) is 19.7 Å². The smallest absolute Gasteiger partial charge is 0.410 e. The number of pyridine rings is 1. The minimum absolute atomic E-state index is 0.0717. The van der Waals surface area contributed by atoms with Gasteiger partial charge in [-0.1, -0.05) is 30.3 Å². The van der Waals surface area contributed by atoms with E-state index in [4.69, 9.17) is 4.74 Å². The number of hydrogen-bond donors (Lipinski definition) is 1. The molecule has 0 radical (unpaired) electrons. The average molecular weight is 474 g/mol. The van der Waals surface area contributed by atoms with E-state index in [0.717, 1.165) is 28.7 Å². The molecule has 2 aliphatic rings. The molecule has 180 valence electrons. The van der Waals surface area contributed by atoms with Crippen LogP contribution in [0.1, 0.15) is 54.1 Å². The number of amides is 1. The summed E-state index contributed by atoms with van der Waals surface area (Å²) in [5, 5.41) is 4.88. The molecule has 1 fully saturated rings. The third-order valence-corrected chi connectivity index (χ3v) is 6.59. The highest BCUT2D eigenvalue weighted by atomic mass is 19.4. The molecule has 1 N–H and O–H groups in total. The fourth-order valence-corrected chi connectivity index (χ4v) is 5.11. The molecule has 7 nitrogen and oxygen atoms in total. The van der Waals surface area contributed by atoms with E-state index in [-0.39, 0.29) is 17.8 Å². The summed E-state index contributed by atoms with van der Waals surface area (Å²) in [4.78, 5) is 29.8. The van der Waals surface area contributed by atoms with Gasteiger partial charge in [-0.2, -0.15) is 18.3 Å². The Hall–Kier alpha value is -3.30. The first kappa shape index (κ1) is 22.5. The van der Waals surface area contributed by atoms with Crippen molar-refractivity contribution >= 4 is 17.1 Å². The summed E-state index contributed by atoms with van der Waals surface area (Å²) in [6.07, 6.45) is -0.895. The van der Waals surface area contributed by atoms with Crippen molar-refractivity contribution in [3.63, 3.8) is 0 Å². The van der Waals surface area contributed by atoms with Crippen molar-refractivity contribution in [2.75, 3.05) is 6.54 Å². The second kappa shape index (κ2) is 8.81. The van der Waals surface area contributed by atoms with Crippen molar-refractivity contribution in [3.05, 3.63) is 63.1 Å². The lowest BCUT2D eigenvalue weighted by atomic mass is 9.89. The number of nitrogens with zero attached hydrogens (tertiary/aromatic N) is 3. The van der Waals surface area contributed by atoms with Gasteiger partial charge in [-0.05, 0) is 49.7 Å². The van der Waals surface area contributed by atoms with Gasteiger partial charge in [0.15, 0.2) is 0 Å². The monoisotopic (exact) mass is 474 g/mol. The molecule has 5 rings (SSSR count). The van der Waals surface area contributed by atoms with Crippen LogP contribution in [0.15, 0.2) is 35.1 Å². The van der Waals surface area contributed by atoms with Crippen molar-refractivity contribution in [2.24, 2.45) is 0 Å². The van der Waals surface area contributed by atoms with Gasteiger partial charge in [0.05, 0.1) is 11.7 Å². The van der Waals surface area contributed by atoms with E-state index in [9.17, 15) is 22.8 Å². The molecule has 2 aromatic heterocycles. The van der Waals surface area contributed by atoms with Crippen molar-refractivity contribution in [2.45, 2.75) is 63.9 Å². The van der Waals surface area contributed by atoms with Gasteiger partial charge in [0.2, 0.25) is 0 Å². The number of fused-ring (bicyclic) bond motifs is 3. The first-order valence-corrected chi connectivity index (χ1v) is 11.5. The van der Waals surface area contributed by atoms with E-state index in [2.05, 4.69) is 10.1 Å². The summed E-state index contributed by atoms with van der Waals surface area (Å²) < 4.78 is 46.3. The summed E-state index contributed by atoms with van der Waals surface area (Å²) in [5.74, 6) is 0. The van der Waals surface area contributed by atoms with Gasteiger partial charge in [0.1, 0.15) is 18.8 Å². The lowest BCUT2D eigenvalue weighted by molar-refractivity contribution is -0.142. The molecule has 0 unspecified atom stereocenters. The van der Waals surface area contributed by atoms with Gasteiger partial charge in [0, 0.05) is 17.5 Å². The van der Waals surface area contributed by atoms with Crippen LogP contribution in [0, 0.1) is 0 Å². The van der Waals surface area contributed by atoms with Crippen molar-refractivity contribution in [1.29, 1.82) is 0 Å². The summed E-state index contributed by atoms with van der Waals surface area (Å²) in [7, 11) is 0. The number of alkyl halides is 3. The maximum atomic E-state index is 13.3. The summed E-state index contributed by atoms with van der Waals surface area (Å²) in [5.41, 5.74) is 2.34. The molecule has 1 aromatic carbocycles. The van der Waals surface area contributed by atoms with Crippen LogP contribution >= 0.6 is 0 Å². The number of carbonyl (C=O) groups excluding carboxylic acids is 1. The van der Waals surface area contributed by atoms with E-state index in [1.54, 1.807) is 4.90 Å². The third kappa shape index (κ3) is 4.28. The van der Waals surface area contributed by atoms with Crippen LogP contribution in [0.5, 0.6) is 0 Å². The van der Waals surface area contributed by atoms with Crippen LogP contribution in [-0.4, -0.2) is 38.5 Å². The maximum absolute atomic E-state index is 13.3. The highest BCUT2D eigenvalue weighted by Gasteiger charge is 2.38. The number of likely N-dealkylation sites (tertiary alicyclic amines) is 1. The molecule has 1 saturated heterocycles. The highest BCUT2D eigenvalue weighted by Crippen LogP contribution is 2.39. The van der Waals surface area contributed by atoms with Crippen LogP contribution in [0.25, 0.3) is 11.0 Å². The lowest BCUT2D eigenvalue weighted by Gasteiger charge is -2.24. The Morgan fingerprint density at radius 1 is 1.12 bits per heavy atom. The molecular formula is C24H25F3N4O3. The molecule has 3 aromatic rings. The van der Waals surface area contributed by atoms with Crippen LogP contribution in [0.3, 0.4) is 0 Å². The number of carbonyl (C=O) groups is 1. The Labute approximate surface area is 193 Å². The quantitative estimate of drug-likeness (QED) is 0.598.